The molecular formula is C17H26N2O6S. The fourth-order valence-corrected chi connectivity index (χ4v) is 2.29. The zero-order chi connectivity index (χ0) is 21.6. The Balaban J connectivity index is 2.89. The van der Waals surface area contributed by atoms with Crippen LogP contribution in [-0.2, 0) is 26.1 Å². The van der Waals surface area contributed by atoms with E-state index in [1.807, 2.05) is 0 Å². The van der Waals surface area contributed by atoms with Crippen molar-refractivity contribution < 1.29 is 30.0 Å². The molecular weight excluding hydrogens is 360 g/mol. The van der Waals surface area contributed by atoms with Gasteiger partial charge in [-0.25, -0.2) is 4.79 Å². The Morgan fingerprint density at radius 2 is 1.88 bits per heavy atom. The van der Waals surface area contributed by atoms with E-state index in [9.17, 15) is 18.0 Å². The van der Waals surface area contributed by atoms with Crippen LogP contribution in [0.25, 0.3) is 0 Å². The summed E-state index contributed by atoms with van der Waals surface area (Å²) in [6.07, 6.45) is -1.43. The number of hydrogen-bond acceptors (Lipinski definition) is 5. The Bertz CT molecular complexity index is 779. The summed E-state index contributed by atoms with van der Waals surface area (Å²) in [5.74, 6) is -1.71. The molecule has 0 saturated carbocycles. The van der Waals surface area contributed by atoms with Crippen molar-refractivity contribution in [3.63, 3.8) is 0 Å². The van der Waals surface area contributed by atoms with Gasteiger partial charge in [0, 0.05) is 15.7 Å². The minimum atomic E-state index is -4.38. The SMILES string of the molecule is [2H]C([2H])(CCS(=O)(=O)O)NC(=O)C(Cc1ccccc1)NC(=O)OC(C)(C)C. The van der Waals surface area contributed by atoms with Gasteiger partial charge >= 0.3 is 6.09 Å². The van der Waals surface area contributed by atoms with Crippen molar-refractivity contribution in [1.82, 2.24) is 10.6 Å². The molecule has 0 bridgehead atoms. The average Bonchev–Trinajstić information content (AvgIpc) is 2.50. The highest BCUT2D eigenvalue weighted by atomic mass is 32.2. The van der Waals surface area contributed by atoms with Crippen LogP contribution in [0.5, 0.6) is 0 Å². The minimum absolute atomic E-state index is 0.0697. The van der Waals surface area contributed by atoms with Gasteiger partial charge in [-0.15, -0.1) is 0 Å². The molecule has 146 valence electrons. The summed E-state index contributed by atoms with van der Waals surface area (Å²) < 4.78 is 51.0. The Morgan fingerprint density at radius 1 is 1.27 bits per heavy atom. The first kappa shape index (κ1) is 18.7. The molecule has 1 aromatic carbocycles. The lowest BCUT2D eigenvalue weighted by atomic mass is 10.1. The van der Waals surface area contributed by atoms with Crippen molar-refractivity contribution >= 4 is 22.1 Å². The summed E-state index contributed by atoms with van der Waals surface area (Å²) in [4.78, 5) is 24.6. The van der Waals surface area contributed by atoms with Crippen LogP contribution >= 0.6 is 0 Å². The normalized spacial score (nSPS) is 14.6. The molecule has 8 nitrogen and oxygen atoms in total. The first-order valence-electron chi connectivity index (χ1n) is 8.97. The molecule has 0 aliphatic rings. The summed E-state index contributed by atoms with van der Waals surface area (Å²) in [5.41, 5.74) is -0.0701. The number of ether oxygens (including phenoxy) is 1. The third kappa shape index (κ3) is 10.00. The first-order valence-corrected chi connectivity index (χ1v) is 9.58. The third-order valence-corrected chi connectivity index (χ3v) is 3.71. The van der Waals surface area contributed by atoms with Gasteiger partial charge in [0.15, 0.2) is 0 Å². The topological polar surface area (TPSA) is 122 Å². The maximum atomic E-state index is 12.6. The average molecular weight is 388 g/mol. The van der Waals surface area contributed by atoms with Crippen molar-refractivity contribution in [2.45, 2.75) is 45.3 Å². The maximum absolute atomic E-state index is 12.6. The van der Waals surface area contributed by atoms with Gasteiger partial charge in [0.05, 0.1) is 5.75 Å². The summed E-state index contributed by atoms with van der Waals surface area (Å²) in [7, 11) is -4.38. The Kier molecular flexibility index (Phi) is 6.84. The number of carbonyl (C=O) groups excluding carboxylic acids is 2. The molecule has 0 aliphatic heterocycles. The number of carbonyl (C=O) groups is 2. The number of nitrogens with one attached hydrogen (secondary N) is 2. The smallest absolute Gasteiger partial charge is 0.408 e. The monoisotopic (exact) mass is 388 g/mol. The molecule has 2 amide bonds. The molecule has 0 saturated heterocycles. The van der Waals surface area contributed by atoms with Crippen molar-refractivity contribution in [3.05, 3.63) is 35.9 Å². The van der Waals surface area contributed by atoms with Crippen molar-refractivity contribution in [2.24, 2.45) is 0 Å². The fourth-order valence-electron chi connectivity index (χ4n) is 1.93. The molecule has 0 aliphatic carbocycles. The number of amides is 2. The van der Waals surface area contributed by atoms with Gasteiger partial charge in [-0.05, 0) is 32.8 Å². The van der Waals surface area contributed by atoms with Gasteiger partial charge in [-0.3, -0.25) is 9.35 Å². The second kappa shape index (κ2) is 9.54. The number of alkyl carbamates (subject to hydrolysis) is 1. The Morgan fingerprint density at radius 3 is 2.42 bits per heavy atom. The van der Waals surface area contributed by atoms with Gasteiger partial charge < -0.3 is 15.4 Å². The van der Waals surface area contributed by atoms with Gasteiger partial charge in [-0.1, -0.05) is 30.3 Å². The molecule has 1 unspecified atom stereocenters. The highest BCUT2D eigenvalue weighted by Crippen LogP contribution is 2.08. The first-order chi connectivity index (χ1) is 12.7. The quantitative estimate of drug-likeness (QED) is 0.581. The van der Waals surface area contributed by atoms with Gasteiger partial charge in [-0.2, -0.15) is 8.42 Å². The number of benzene rings is 1. The molecule has 26 heavy (non-hydrogen) atoms. The van der Waals surface area contributed by atoms with Gasteiger partial charge in [0.1, 0.15) is 11.6 Å². The lowest BCUT2D eigenvalue weighted by Crippen LogP contribution is -2.49. The Labute approximate surface area is 156 Å². The predicted octanol–water partition coefficient (Wildman–Crippen LogP) is 1.52. The Hall–Kier alpha value is -2.13. The highest BCUT2D eigenvalue weighted by Gasteiger charge is 2.24. The zero-order valence-electron chi connectivity index (χ0n) is 17.0. The molecule has 0 spiro atoms. The third-order valence-electron chi connectivity index (χ3n) is 2.99. The molecule has 9 heteroatoms. The molecule has 0 aromatic heterocycles. The van der Waals surface area contributed by atoms with Crippen LogP contribution in [0.4, 0.5) is 4.79 Å². The fraction of sp³-hybridized carbons (Fsp3) is 0.529. The number of rotatable bonds is 8. The van der Waals surface area contributed by atoms with Crippen molar-refractivity contribution in [3.8, 4) is 0 Å². The van der Waals surface area contributed by atoms with Crippen molar-refractivity contribution in [1.29, 1.82) is 0 Å². The van der Waals surface area contributed by atoms with Crippen LogP contribution in [0.3, 0.4) is 0 Å². The molecule has 3 N–H and O–H groups in total. The zero-order valence-corrected chi connectivity index (χ0v) is 15.8. The summed E-state index contributed by atoms with van der Waals surface area (Å²) in [5, 5.41) is 4.48. The summed E-state index contributed by atoms with van der Waals surface area (Å²) in [6, 6.07) is 7.62. The van der Waals surface area contributed by atoms with E-state index < -0.39 is 52.4 Å². The lowest BCUT2D eigenvalue weighted by Gasteiger charge is -2.23. The van der Waals surface area contributed by atoms with Crippen LogP contribution in [0.2, 0.25) is 0 Å². The van der Waals surface area contributed by atoms with E-state index in [4.69, 9.17) is 12.0 Å². The van der Waals surface area contributed by atoms with Crippen LogP contribution < -0.4 is 10.6 Å². The van der Waals surface area contributed by atoms with E-state index in [2.05, 4.69) is 10.6 Å². The molecule has 1 atom stereocenters. The lowest BCUT2D eigenvalue weighted by molar-refractivity contribution is -0.123. The van der Waals surface area contributed by atoms with Crippen LogP contribution in [0.1, 0.15) is 35.5 Å². The van der Waals surface area contributed by atoms with E-state index in [0.29, 0.717) is 0 Å². The second-order valence-corrected chi connectivity index (χ2v) is 8.16. The van der Waals surface area contributed by atoms with Gasteiger partial charge in [0.25, 0.3) is 10.1 Å². The van der Waals surface area contributed by atoms with E-state index >= 15 is 0 Å². The van der Waals surface area contributed by atoms with Crippen LogP contribution in [0.15, 0.2) is 30.3 Å². The van der Waals surface area contributed by atoms with Crippen LogP contribution in [0, 0.1) is 0 Å². The summed E-state index contributed by atoms with van der Waals surface area (Å²) >= 11 is 0. The van der Waals surface area contributed by atoms with E-state index in [-0.39, 0.29) is 6.42 Å². The summed E-state index contributed by atoms with van der Waals surface area (Å²) in [6.45, 7) is 2.57. The molecule has 1 rings (SSSR count). The predicted molar refractivity (Wildman–Crippen MR) is 97.3 cm³/mol. The molecule has 0 fully saturated rings. The van der Waals surface area contributed by atoms with E-state index in [1.54, 1.807) is 51.1 Å². The minimum Gasteiger partial charge on any atom is -0.444 e. The molecule has 1 aromatic rings. The molecule has 0 radical (unpaired) electrons. The van der Waals surface area contributed by atoms with Gasteiger partial charge in [0.2, 0.25) is 5.91 Å². The highest BCUT2D eigenvalue weighted by molar-refractivity contribution is 7.85. The van der Waals surface area contributed by atoms with Crippen molar-refractivity contribution in [2.75, 3.05) is 12.2 Å². The largest absolute Gasteiger partial charge is 0.444 e. The second-order valence-electron chi connectivity index (χ2n) is 6.59. The van der Waals surface area contributed by atoms with E-state index in [0.717, 1.165) is 5.56 Å². The standard InChI is InChI=1S/C17H26N2O6S/c1-17(2,3)25-16(21)19-14(12-13-8-5-4-6-9-13)15(20)18-10-7-11-26(22,23)24/h4-6,8-9,14H,7,10-12H2,1-3H3,(H,18,20)(H,19,21)(H,22,23,24)/i10D2. The maximum Gasteiger partial charge on any atom is 0.408 e. The van der Waals surface area contributed by atoms with Crippen LogP contribution in [-0.4, -0.2) is 48.9 Å². The molecule has 0 heterocycles. The number of hydrogen-bond donors (Lipinski definition) is 3. The van der Waals surface area contributed by atoms with E-state index in [1.165, 1.54) is 0 Å².